The second kappa shape index (κ2) is 3.79. The van der Waals surface area contributed by atoms with Crippen molar-refractivity contribution < 1.29 is 9.53 Å². The first-order chi connectivity index (χ1) is 6.31. The van der Waals surface area contributed by atoms with E-state index in [1.54, 1.807) is 7.11 Å². The van der Waals surface area contributed by atoms with E-state index in [4.69, 9.17) is 4.74 Å². The summed E-state index contributed by atoms with van der Waals surface area (Å²) in [6, 6.07) is 0. The fourth-order valence-corrected chi connectivity index (χ4v) is 2.87. The van der Waals surface area contributed by atoms with Crippen LogP contribution < -0.4 is 0 Å². The van der Waals surface area contributed by atoms with Crippen LogP contribution in [0.1, 0.15) is 38.5 Å². The molecule has 0 aliphatic heterocycles. The second-order valence-electron chi connectivity index (χ2n) is 4.41. The molecule has 2 rings (SSSR count). The first-order valence-electron chi connectivity index (χ1n) is 5.36. The molecule has 74 valence electrons. The van der Waals surface area contributed by atoms with Crippen LogP contribution in [0.4, 0.5) is 0 Å². The number of rotatable bonds is 1. The summed E-state index contributed by atoms with van der Waals surface area (Å²) in [5.41, 5.74) is 0. The Hall–Kier alpha value is -0.370. The quantitative estimate of drug-likeness (QED) is 0.621. The third-order valence-corrected chi connectivity index (χ3v) is 3.65. The van der Waals surface area contributed by atoms with Gasteiger partial charge in [-0.2, -0.15) is 0 Å². The van der Waals surface area contributed by atoms with Crippen LogP contribution in [0.3, 0.4) is 0 Å². The molecule has 2 aliphatic rings. The lowest BCUT2D eigenvalue weighted by atomic mass is 9.91. The van der Waals surface area contributed by atoms with Gasteiger partial charge in [0.2, 0.25) is 0 Å². The highest BCUT2D eigenvalue weighted by molar-refractivity contribution is 5.81. The zero-order chi connectivity index (χ0) is 9.26. The van der Waals surface area contributed by atoms with Gasteiger partial charge in [0, 0.05) is 19.4 Å². The van der Waals surface area contributed by atoms with Crippen LogP contribution in [0.5, 0.6) is 0 Å². The zero-order valence-electron chi connectivity index (χ0n) is 8.29. The van der Waals surface area contributed by atoms with E-state index in [9.17, 15) is 4.79 Å². The smallest absolute Gasteiger partial charge is 0.136 e. The first-order valence-corrected chi connectivity index (χ1v) is 5.36. The van der Waals surface area contributed by atoms with Gasteiger partial charge >= 0.3 is 0 Å². The molecule has 0 aromatic carbocycles. The topological polar surface area (TPSA) is 26.3 Å². The average Bonchev–Trinajstić information content (AvgIpc) is 2.48. The van der Waals surface area contributed by atoms with E-state index >= 15 is 0 Å². The first kappa shape index (κ1) is 9.20. The number of methoxy groups -OCH3 is 1. The predicted molar refractivity (Wildman–Crippen MR) is 50.5 cm³/mol. The second-order valence-corrected chi connectivity index (χ2v) is 4.41. The summed E-state index contributed by atoms with van der Waals surface area (Å²) in [7, 11) is 1.76. The molecule has 3 atom stereocenters. The van der Waals surface area contributed by atoms with Gasteiger partial charge in [-0.15, -0.1) is 0 Å². The fraction of sp³-hybridized carbons (Fsp3) is 0.909. The van der Waals surface area contributed by atoms with E-state index in [0.29, 0.717) is 23.7 Å². The predicted octanol–water partition coefficient (Wildman–Crippen LogP) is 2.17. The summed E-state index contributed by atoms with van der Waals surface area (Å²) in [6.45, 7) is 0. The van der Waals surface area contributed by atoms with Gasteiger partial charge in [-0.3, -0.25) is 4.79 Å². The molecule has 0 N–H and O–H groups in total. The van der Waals surface area contributed by atoms with Crippen molar-refractivity contribution in [3.05, 3.63) is 0 Å². The van der Waals surface area contributed by atoms with Gasteiger partial charge < -0.3 is 4.74 Å². The lowest BCUT2D eigenvalue weighted by Crippen LogP contribution is -2.16. The van der Waals surface area contributed by atoms with Crippen LogP contribution in [0.2, 0.25) is 0 Å². The summed E-state index contributed by atoms with van der Waals surface area (Å²) in [5, 5.41) is 0. The van der Waals surface area contributed by atoms with Crippen molar-refractivity contribution in [2.75, 3.05) is 7.11 Å². The number of carbonyl (C=O) groups excluding carboxylic acids is 1. The average molecular weight is 182 g/mol. The molecule has 13 heavy (non-hydrogen) atoms. The number of ketones is 1. The number of Topliss-reactive ketones (excluding diaryl/α,β-unsaturated/α-hetero) is 1. The number of fused-ring (bicyclic) bond motifs is 1. The Balaban J connectivity index is 2.05. The Morgan fingerprint density at radius 2 is 2.15 bits per heavy atom. The molecule has 0 aromatic heterocycles. The van der Waals surface area contributed by atoms with Crippen molar-refractivity contribution in [3.8, 4) is 0 Å². The zero-order valence-corrected chi connectivity index (χ0v) is 8.29. The molecule has 2 unspecified atom stereocenters. The van der Waals surface area contributed by atoms with E-state index in [1.807, 2.05) is 0 Å². The Morgan fingerprint density at radius 3 is 2.92 bits per heavy atom. The van der Waals surface area contributed by atoms with Crippen LogP contribution in [-0.2, 0) is 9.53 Å². The largest absolute Gasteiger partial charge is 0.381 e. The Morgan fingerprint density at radius 1 is 1.31 bits per heavy atom. The molecule has 0 saturated heterocycles. The minimum Gasteiger partial charge on any atom is -0.381 e. The van der Waals surface area contributed by atoms with E-state index in [0.717, 1.165) is 25.7 Å². The molecule has 0 radical (unpaired) electrons. The molecule has 0 spiro atoms. The van der Waals surface area contributed by atoms with Gasteiger partial charge in [0.05, 0.1) is 6.10 Å². The third-order valence-electron chi connectivity index (χ3n) is 3.65. The molecule has 0 bridgehead atoms. The van der Waals surface area contributed by atoms with Crippen LogP contribution in [0.15, 0.2) is 0 Å². The summed E-state index contributed by atoms with van der Waals surface area (Å²) in [4.78, 5) is 11.7. The maximum Gasteiger partial charge on any atom is 0.136 e. The van der Waals surface area contributed by atoms with Crippen LogP contribution in [0.25, 0.3) is 0 Å². The molecule has 2 saturated carbocycles. The Bertz CT molecular complexity index is 200. The Kier molecular flexibility index (Phi) is 2.68. The summed E-state index contributed by atoms with van der Waals surface area (Å²) in [5.74, 6) is 1.48. The molecule has 0 heterocycles. The van der Waals surface area contributed by atoms with E-state index in [2.05, 4.69) is 0 Å². The highest BCUT2D eigenvalue weighted by Gasteiger charge is 2.38. The highest BCUT2D eigenvalue weighted by atomic mass is 16.5. The van der Waals surface area contributed by atoms with Gasteiger partial charge in [0.25, 0.3) is 0 Å². The van der Waals surface area contributed by atoms with E-state index in [-0.39, 0.29) is 0 Å². The van der Waals surface area contributed by atoms with Crippen molar-refractivity contribution in [1.29, 1.82) is 0 Å². The number of hydrogen-bond acceptors (Lipinski definition) is 2. The maximum absolute atomic E-state index is 11.7. The van der Waals surface area contributed by atoms with Crippen molar-refractivity contribution >= 4 is 5.78 Å². The lowest BCUT2D eigenvalue weighted by molar-refractivity contribution is -0.123. The monoisotopic (exact) mass is 182 g/mol. The summed E-state index contributed by atoms with van der Waals surface area (Å²) in [6.07, 6.45) is 6.88. The molecule has 2 heteroatoms. The molecular weight excluding hydrogens is 164 g/mol. The molecule has 2 fully saturated rings. The number of ether oxygens (including phenoxy) is 1. The summed E-state index contributed by atoms with van der Waals surface area (Å²) < 4.78 is 5.34. The third kappa shape index (κ3) is 1.78. The number of carbonyl (C=O) groups is 1. The van der Waals surface area contributed by atoms with Gasteiger partial charge in [-0.1, -0.05) is 6.42 Å². The standard InChI is InChI=1S/C11H18O2/c1-13-9-6-8-4-2-3-5-11(12)10(8)7-9/h8-10H,2-7H2,1H3/t8-,9?,10?/m1/s1. The molecule has 0 aromatic rings. The van der Waals surface area contributed by atoms with Crippen molar-refractivity contribution in [1.82, 2.24) is 0 Å². The van der Waals surface area contributed by atoms with Crippen LogP contribution >= 0.6 is 0 Å². The van der Waals surface area contributed by atoms with Gasteiger partial charge in [-0.25, -0.2) is 0 Å². The van der Waals surface area contributed by atoms with Gasteiger partial charge in [0.15, 0.2) is 0 Å². The molecular formula is C11H18O2. The fourth-order valence-electron chi connectivity index (χ4n) is 2.87. The van der Waals surface area contributed by atoms with Gasteiger partial charge in [-0.05, 0) is 31.6 Å². The SMILES string of the molecule is COC1CC2C(=O)CCCC[C@@H]2C1. The summed E-state index contributed by atoms with van der Waals surface area (Å²) >= 11 is 0. The van der Waals surface area contributed by atoms with Crippen LogP contribution in [-0.4, -0.2) is 19.0 Å². The van der Waals surface area contributed by atoms with Gasteiger partial charge in [0.1, 0.15) is 5.78 Å². The minimum atomic E-state index is 0.340. The maximum atomic E-state index is 11.7. The lowest BCUT2D eigenvalue weighted by Gasteiger charge is -2.12. The van der Waals surface area contributed by atoms with Crippen molar-refractivity contribution in [2.45, 2.75) is 44.6 Å². The highest BCUT2D eigenvalue weighted by Crippen LogP contribution is 2.40. The molecule has 2 aliphatic carbocycles. The van der Waals surface area contributed by atoms with Crippen LogP contribution in [0, 0.1) is 11.8 Å². The van der Waals surface area contributed by atoms with Crippen molar-refractivity contribution in [2.24, 2.45) is 11.8 Å². The van der Waals surface area contributed by atoms with E-state index in [1.165, 1.54) is 12.8 Å². The molecule has 2 nitrogen and oxygen atoms in total. The molecule has 0 amide bonds. The number of hydrogen-bond donors (Lipinski definition) is 0. The van der Waals surface area contributed by atoms with E-state index < -0.39 is 0 Å². The minimum absolute atomic E-state index is 0.340. The normalized spacial score (nSPS) is 40.1. The van der Waals surface area contributed by atoms with Crippen molar-refractivity contribution in [3.63, 3.8) is 0 Å². The Labute approximate surface area is 79.7 Å².